The summed E-state index contributed by atoms with van der Waals surface area (Å²) in [6.45, 7) is 0.829. The van der Waals surface area contributed by atoms with Crippen LogP contribution in [0, 0.1) is 0 Å². The molecule has 5 heteroatoms. The highest BCUT2D eigenvalue weighted by Crippen LogP contribution is 2.25. The fourth-order valence-corrected chi connectivity index (χ4v) is 2.38. The molecule has 0 unspecified atom stereocenters. The summed E-state index contributed by atoms with van der Waals surface area (Å²) in [4.78, 5) is 4.37. The highest BCUT2D eigenvalue weighted by atomic mass is 79.9. The summed E-state index contributed by atoms with van der Waals surface area (Å²) in [5.74, 6) is 0. The molecule has 4 nitrogen and oxygen atoms in total. The summed E-state index contributed by atoms with van der Waals surface area (Å²) in [6.07, 6.45) is 5.26. The van der Waals surface area contributed by atoms with Crippen molar-refractivity contribution in [3.05, 3.63) is 22.9 Å². The van der Waals surface area contributed by atoms with Gasteiger partial charge in [-0.2, -0.15) is 5.10 Å². The van der Waals surface area contributed by atoms with Crippen molar-refractivity contribution in [2.45, 2.75) is 25.5 Å². The lowest BCUT2D eigenvalue weighted by molar-refractivity contribution is -0.0366. The van der Waals surface area contributed by atoms with Crippen LogP contribution in [0.1, 0.15) is 25.5 Å². The Morgan fingerprint density at radius 2 is 2.31 bits per heavy atom. The van der Waals surface area contributed by atoms with Gasteiger partial charge >= 0.3 is 0 Å². The van der Waals surface area contributed by atoms with Crippen molar-refractivity contribution in [2.24, 2.45) is 0 Å². The predicted octanol–water partition coefficient (Wildman–Crippen LogP) is 2.89. The summed E-state index contributed by atoms with van der Waals surface area (Å²) >= 11 is 3.36. The zero-order valence-electron chi connectivity index (χ0n) is 8.77. The molecule has 0 radical (unpaired) electrons. The molecule has 84 valence electrons. The summed E-state index contributed by atoms with van der Waals surface area (Å²) < 4.78 is 8.50. The van der Waals surface area contributed by atoms with Crippen molar-refractivity contribution >= 4 is 27.0 Å². The molecular weight excluding hydrogens is 270 g/mol. The van der Waals surface area contributed by atoms with Gasteiger partial charge in [0.05, 0.1) is 11.7 Å². The monoisotopic (exact) mass is 281 g/mol. The Labute approximate surface area is 102 Å². The van der Waals surface area contributed by atoms with Crippen LogP contribution in [-0.4, -0.2) is 21.4 Å². The molecule has 0 bridgehead atoms. The van der Waals surface area contributed by atoms with Crippen LogP contribution in [0.4, 0.5) is 0 Å². The van der Waals surface area contributed by atoms with Gasteiger partial charge < -0.3 is 4.74 Å². The molecule has 0 N–H and O–H groups in total. The average molecular weight is 282 g/mol. The van der Waals surface area contributed by atoms with Gasteiger partial charge in [0.15, 0.2) is 6.23 Å². The number of aromatic nitrogens is 3. The second-order valence-corrected chi connectivity index (χ2v) is 4.76. The van der Waals surface area contributed by atoms with E-state index in [0.29, 0.717) is 0 Å². The predicted molar refractivity (Wildman–Crippen MR) is 64.1 cm³/mol. The molecule has 16 heavy (non-hydrogen) atoms. The van der Waals surface area contributed by atoms with Gasteiger partial charge in [-0.25, -0.2) is 9.67 Å². The molecule has 3 heterocycles. The van der Waals surface area contributed by atoms with Crippen molar-refractivity contribution in [2.75, 3.05) is 6.61 Å². The number of hydrogen-bond donors (Lipinski definition) is 0. The van der Waals surface area contributed by atoms with E-state index in [-0.39, 0.29) is 6.23 Å². The van der Waals surface area contributed by atoms with E-state index in [4.69, 9.17) is 4.74 Å². The summed E-state index contributed by atoms with van der Waals surface area (Å²) in [7, 11) is 0. The Bertz CT molecular complexity index is 505. The molecule has 0 aromatic carbocycles. The molecule has 0 amide bonds. The first-order valence-electron chi connectivity index (χ1n) is 5.46. The molecule has 0 spiro atoms. The lowest BCUT2D eigenvalue weighted by atomic mass is 10.2. The standard InChI is InChI=1S/C11H12BrN3O/c12-10-5-4-9-8(14-10)7-13-15(9)11-3-1-2-6-16-11/h4-5,7,11H,1-3,6H2/t11-/m1/s1. The Morgan fingerprint density at radius 3 is 3.12 bits per heavy atom. The third-order valence-corrected chi connectivity index (χ3v) is 3.29. The summed E-state index contributed by atoms with van der Waals surface area (Å²) in [6, 6.07) is 3.96. The first kappa shape index (κ1) is 10.2. The quantitative estimate of drug-likeness (QED) is 0.755. The fraction of sp³-hybridized carbons (Fsp3) is 0.455. The zero-order chi connectivity index (χ0) is 11.0. The van der Waals surface area contributed by atoms with Crippen LogP contribution in [0.2, 0.25) is 0 Å². The van der Waals surface area contributed by atoms with Crippen LogP contribution in [0.15, 0.2) is 22.9 Å². The number of ether oxygens (including phenoxy) is 1. The number of pyridine rings is 1. The molecule has 1 atom stereocenters. The molecule has 0 aliphatic carbocycles. The van der Waals surface area contributed by atoms with Crippen LogP contribution >= 0.6 is 15.9 Å². The largest absolute Gasteiger partial charge is 0.356 e. The highest BCUT2D eigenvalue weighted by molar-refractivity contribution is 9.10. The maximum atomic E-state index is 5.72. The minimum atomic E-state index is 0.0780. The van der Waals surface area contributed by atoms with Crippen LogP contribution < -0.4 is 0 Å². The van der Waals surface area contributed by atoms with E-state index in [1.54, 1.807) is 6.20 Å². The maximum Gasteiger partial charge on any atom is 0.150 e. The first-order chi connectivity index (χ1) is 7.84. The average Bonchev–Trinajstić information content (AvgIpc) is 2.73. The van der Waals surface area contributed by atoms with Gasteiger partial charge in [0.1, 0.15) is 10.1 Å². The van der Waals surface area contributed by atoms with Gasteiger partial charge in [0.25, 0.3) is 0 Å². The van der Waals surface area contributed by atoms with Crippen molar-refractivity contribution < 1.29 is 4.74 Å². The third kappa shape index (κ3) is 1.74. The number of hydrogen-bond acceptors (Lipinski definition) is 3. The van der Waals surface area contributed by atoms with Crippen molar-refractivity contribution in [3.8, 4) is 0 Å². The van der Waals surface area contributed by atoms with Crippen molar-refractivity contribution in [1.82, 2.24) is 14.8 Å². The Hall–Kier alpha value is -0.940. The molecule has 3 rings (SSSR count). The van der Waals surface area contributed by atoms with Gasteiger partial charge in [0, 0.05) is 6.61 Å². The molecule has 2 aromatic heterocycles. The second kappa shape index (κ2) is 4.14. The van der Waals surface area contributed by atoms with Gasteiger partial charge in [-0.05, 0) is 47.3 Å². The molecule has 2 aromatic rings. The molecule has 1 saturated heterocycles. The molecular formula is C11H12BrN3O. The molecule has 1 aliphatic rings. The smallest absolute Gasteiger partial charge is 0.150 e. The van der Waals surface area contributed by atoms with E-state index in [0.717, 1.165) is 35.1 Å². The lowest BCUT2D eigenvalue weighted by Crippen LogP contribution is -2.18. The number of fused-ring (bicyclic) bond motifs is 1. The number of rotatable bonds is 1. The van der Waals surface area contributed by atoms with Crippen LogP contribution in [-0.2, 0) is 4.74 Å². The highest BCUT2D eigenvalue weighted by Gasteiger charge is 2.18. The van der Waals surface area contributed by atoms with Crippen LogP contribution in [0.5, 0.6) is 0 Å². The van der Waals surface area contributed by atoms with Crippen molar-refractivity contribution in [3.63, 3.8) is 0 Å². The number of nitrogens with zero attached hydrogens (tertiary/aromatic N) is 3. The van der Waals surface area contributed by atoms with E-state index in [9.17, 15) is 0 Å². The van der Waals surface area contributed by atoms with E-state index in [1.165, 1.54) is 6.42 Å². The van der Waals surface area contributed by atoms with Crippen LogP contribution in [0.25, 0.3) is 11.0 Å². The Morgan fingerprint density at radius 1 is 1.38 bits per heavy atom. The van der Waals surface area contributed by atoms with E-state index >= 15 is 0 Å². The Kier molecular flexibility index (Phi) is 2.65. The van der Waals surface area contributed by atoms with E-state index < -0.39 is 0 Å². The molecule has 1 fully saturated rings. The first-order valence-corrected chi connectivity index (χ1v) is 6.25. The minimum absolute atomic E-state index is 0.0780. The van der Waals surface area contributed by atoms with E-state index in [2.05, 4.69) is 26.0 Å². The summed E-state index contributed by atoms with van der Waals surface area (Å²) in [5, 5.41) is 4.37. The van der Waals surface area contributed by atoms with Gasteiger partial charge in [-0.3, -0.25) is 0 Å². The van der Waals surface area contributed by atoms with Gasteiger partial charge in [-0.1, -0.05) is 0 Å². The SMILES string of the molecule is Brc1ccc2c(cnn2[C@H]2CCCCO2)n1. The Balaban J connectivity index is 2.03. The van der Waals surface area contributed by atoms with Crippen molar-refractivity contribution in [1.29, 1.82) is 0 Å². The van der Waals surface area contributed by atoms with Gasteiger partial charge in [-0.15, -0.1) is 0 Å². The molecule has 1 aliphatic heterocycles. The van der Waals surface area contributed by atoms with Crippen LogP contribution in [0.3, 0.4) is 0 Å². The molecule has 0 saturated carbocycles. The van der Waals surface area contributed by atoms with Gasteiger partial charge in [0.2, 0.25) is 0 Å². The summed E-state index contributed by atoms with van der Waals surface area (Å²) in [5.41, 5.74) is 1.94. The second-order valence-electron chi connectivity index (χ2n) is 3.95. The number of halogens is 1. The van der Waals surface area contributed by atoms with E-state index in [1.807, 2.05) is 16.8 Å². The maximum absolute atomic E-state index is 5.72. The minimum Gasteiger partial charge on any atom is -0.356 e. The normalized spacial score (nSPS) is 21.4. The lowest BCUT2D eigenvalue weighted by Gasteiger charge is -2.23. The fourth-order valence-electron chi connectivity index (χ4n) is 2.06. The topological polar surface area (TPSA) is 39.9 Å². The zero-order valence-corrected chi connectivity index (χ0v) is 10.4. The third-order valence-electron chi connectivity index (χ3n) is 2.85.